The second-order valence-corrected chi connectivity index (χ2v) is 6.57. The number of carbonyl (C=O) groups excluding carboxylic acids is 1. The molecular weight excluding hydrogens is 338 g/mol. The topological polar surface area (TPSA) is 60.5 Å². The van der Waals surface area contributed by atoms with Crippen molar-refractivity contribution in [2.24, 2.45) is 0 Å². The summed E-state index contributed by atoms with van der Waals surface area (Å²) >= 11 is 5.82. The van der Waals surface area contributed by atoms with Crippen molar-refractivity contribution in [3.05, 3.63) is 53.2 Å². The lowest BCUT2D eigenvalue weighted by Crippen LogP contribution is -2.44. The molecule has 6 nitrogen and oxygen atoms in total. The van der Waals surface area contributed by atoms with Gasteiger partial charge in [-0.2, -0.15) is 0 Å². The van der Waals surface area contributed by atoms with Crippen molar-refractivity contribution < 1.29 is 4.79 Å². The molecule has 0 spiro atoms. The van der Waals surface area contributed by atoms with Gasteiger partial charge >= 0.3 is 6.03 Å². The van der Waals surface area contributed by atoms with E-state index >= 15 is 0 Å². The summed E-state index contributed by atoms with van der Waals surface area (Å²) in [4.78, 5) is 21.0. The summed E-state index contributed by atoms with van der Waals surface area (Å²) in [7, 11) is 2.13. The van der Waals surface area contributed by atoms with Gasteiger partial charge in [-0.25, -0.2) is 9.78 Å². The van der Waals surface area contributed by atoms with Gasteiger partial charge in [0.1, 0.15) is 5.82 Å². The molecule has 1 fully saturated rings. The number of halogens is 1. The van der Waals surface area contributed by atoms with E-state index in [0.29, 0.717) is 17.3 Å². The molecule has 1 aromatic heterocycles. The Bertz CT molecular complexity index is 696. The molecule has 2 aromatic rings. The number of aromatic nitrogens is 1. The average Bonchev–Trinajstić information content (AvgIpc) is 2.63. The van der Waals surface area contributed by atoms with Crippen LogP contribution < -0.4 is 15.5 Å². The quantitative estimate of drug-likeness (QED) is 0.881. The van der Waals surface area contributed by atoms with Gasteiger partial charge in [0, 0.05) is 49.6 Å². The molecule has 0 radical (unpaired) electrons. The average molecular weight is 360 g/mol. The summed E-state index contributed by atoms with van der Waals surface area (Å²) in [6, 6.07) is 10.7. The highest BCUT2D eigenvalue weighted by atomic mass is 35.5. The number of nitrogens with zero attached hydrogens (tertiary/aromatic N) is 3. The van der Waals surface area contributed by atoms with E-state index in [4.69, 9.17) is 11.6 Å². The van der Waals surface area contributed by atoms with Gasteiger partial charge < -0.3 is 20.4 Å². The van der Waals surface area contributed by atoms with Crippen LogP contribution in [0.4, 0.5) is 16.3 Å². The maximum absolute atomic E-state index is 11.9. The van der Waals surface area contributed by atoms with Crippen molar-refractivity contribution in [3.8, 4) is 0 Å². The van der Waals surface area contributed by atoms with Gasteiger partial charge in [0.05, 0.1) is 0 Å². The van der Waals surface area contributed by atoms with Crippen LogP contribution >= 0.6 is 11.6 Å². The number of hydrogen-bond acceptors (Lipinski definition) is 4. The first-order valence-electron chi connectivity index (χ1n) is 8.29. The van der Waals surface area contributed by atoms with Gasteiger partial charge in [-0.05, 0) is 42.9 Å². The molecule has 1 aromatic carbocycles. The van der Waals surface area contributed by atoms with E-state index < -0.39 is 0 Å². The molecule has 1 saturated heterocycles. The van der Waals surface area contributed by atoms with E-state index in [1.165, 1.54) is 0 Å². The lowest BCUT2D eigenvalue weighted by molar-refractivity contribution is 0.251. The highest BCUT2D eigenvalue weighted by molar-refractivity contribution is 6.30. The van der Waals surface area contributed by atoms with Crippen molar-refractivity contribution in [2.45, 2.75) is 6.54 Å². The maximum atomic E-state index is 11.9. The normalized spacial score (nSPS) is 15.0. The van der Waals surface area contributed by atoms with Crippen LogP contribution in [0.25, 0.3) is 0 Å². The Hall–Kier alpha value is -2.31. The van der Waals surface area contributed by atoms with Crippen LogP contribution in [-0.4, -0.2) is 49.1 Å². The van der Waals surface area contributed by atoms with Crippen LogP contribution in [0.2, 0.25) is 5.02 Å². The Morgan fingerprint density at radius 1 is 1.12 bits per heavy atom. The Labute approximate surface area is 152 Å². The van der Waals surface area contributed by atoms with Crippen LogP contribution in [0.1, 0.15) is 5.56 Å². The summed E-state index contributed by atoms with van der Waals surface area (Å²) in [5.41, 5.74) is 1.66. The number of piperazine rings is 1. The summed E-state index contributed by atoms with van der Waals surface area (Å²) in [5.74, 6) is 0.988. The third-order valence-corrected chi connectivity index (χ3v) is 4.44. The number of hydrogen-bond donors (Lipinski definition) is 2. The van der Waals surface area contributed by atoms with Crippen LogP contribution in [-0.2, 0) is 6.54 Å². The number of benzene rings is 1. The first-order valence-corrected chi connectivity index (χ1v) is 8.67. The molecule has 132 valence electrons. The predicted octanol–water partition coefficient (Wildman–Crippen LogP) is 2.81. The van der Waals surface area contributed by atoms with Crippen molar-refractivity contribution in [1.82, 2.24) is 15.2 Å². The number of carbonyl (C=O) groups is 1. The molecule has 0 aliphatic carbocycles. The lowest BCUT2D eigenvalue weighted by atomic mass is 10.2. The summed E-state index contributed by atoms with van der Waals surface area (Å²) in [5, 5.41) is 6.22. The molecule has 25 heavy (non-hydrogen) atoms. The van der Waals surface area contributed by atoms with E-state index in [-0.39, 0.29) is 6.03 Å². The fourth-order valence-corrected chi connectivity index (χ4v) is 2.76. The van der Waals surface area contributed by atoms with E-state index in [0.717, 1.165) is 37.6 Å². The Morgan fingerprint density at radius 3 is 2.48 bits per heavy atom. The molecule has 0 bridgehead atoms. The lowest BCUT2D eigenvalue weighted by Gasteiger charge is -2.33. The second kappa shape index (κ2) is 8.18. The zero-order valence-corrected chi connectivity index (χ0v) is 15.0. The molecule has 2 N–H and O–H groups in total. The molecule has 1 aliphatic rings. The fraction of sp³-hybridized carbons (Fsp3) is 0.333. The maximum Gasteiger partial charge on any atom is 0.319 e. The largest absolute Gasteiger partial charge is 0.354 e. The molecule has 1 aliphatic heterocycles. The highest BCUT2D eigenvalue weighted by Gasteiger charge is 2.14. The van der Waals surface area contributed by atoms with Crippen molar-refractivity contribution in [1.29, 1.82) is 0 Å². The number of anilines is 2. The van der Waals surface area contributed by atoms with E-state index in [1.807, 2.05) is 18.3 Å². The van der Waals surface area contributed by atoms with Crippen molar-refractivity contribution >= 4 is 29.1 Å². The van der Waals surface area contributed by atoms with E-state index in [1.54, 1.807) is 24.3 Å². The fourth-order valence-electron chi connectivity index (χ4n) is 2.63. The van der Waals surface area contributed by atoms with Gasteiger partial charge in [-0.1, -0.05) is 17.7 Å². The third kappa shape index (κ3) is 5.08. The Morgan fingerprint density at radius 2 is 1.84 bits per heavy atom. The monoisotopic (exact) mass is 359 g/mol. The van der Waals surface area contributed by atoms with Gasteiger partial charge in [-0.15, -0.1) is 0 Å². The predicted molar refractivity (Wildman–Crippen MR) is 101 cm³/mol. The minimum Gasteiger partial charge on any atom is -0.354 e. The standard InChI is InChI=1S/C18H22ClN5O/c1-23-8-10-24(11-9-23)17-7-2-14(12-20-17)13-21-18(25)22-16-5-3-15(19)4-6-16/h2-7,12H,8-11,13H2,1H3,(H2,21,22,25). The molecule has 2 amide bonds. The summed E-state index contributed by atoms with van der Waals surface area (Å²) < 4.78 is 0. The van der Waals surface area contributed by atoms with Gasteiger partial charge in [-0.3, -0.25) is 0 Å². The number of rotatable bonds is 4. The zero-order chi connectivity index (χ0) is 17.6. The second-order valence-electron chi connectivity index (χ2n) is 6.13. The minimum atomic E-state index is -0.259. The molecule has 3 rings (SSSR count). The van der Waals surface area contributed by atoms with Crippen molar-refractivity contribution in [3.63, 3.8) is 0 Å². The molecule has 0 saturated carbocycles. The SMILES string of the molecule is CN1CCN(c2ccc(CNC(=O)Nc3ccc(Cl)cc3)cn2)CC1. The van der Waals surface area contributed by atoms with E-state index in [2.05, 4.69) is 32.5 Å². The smallest absolute Gasteiger partial charge is 0.319 e. The molecule has 2 heterocycles. The first kappa shape index (κ1) is 17.5. The van der Waals surface area contributed by atoms with Crippen molar-refractivity contribution in [2.75, 3.05) is 43.4 Å². The molecule has 7 heteroatoms. The highest BCUT2D eigenvalue weighted by Crippen LogP contribution is 2.14. The summed E-state index contributed by atoms with van der Waals surface area (Å²) in [6.07, 6.45) is 1.82. The van der Waals surface area contributed by atoms with Crippen LogP contribution in [0, 0.1) is 0 Å². The van der Waals surface area contributed by atoms with E-state index in [9.17, 15) is 4.79 Å². The number of likely N-dealkylation sites (N-methyl/N-ethyl adjacent to an activating group) is 1. The van der Waals surface area contributed by atoms with Gasteiger partial charge in [0.2, 0.25) is 0 Å². The van der Waals surface area contributed by atoms with Gasteiger partial charge in [0.15, 0.2) is 0 Å². The molecular formula is C18H22ClN5O. The molecule has 0 atom stereocenters. The number of pyridine rings is 1. The van der Waals surface area contributed by atoms with Gasteiger partial charge in [0.25, 0.3) is 0 Å². The molecule has 0 unspecified atom stereocenters. The summed E-state index contributed by atoms with van der Waals surface area (Å²) in [6.45, 7) is 4.51. The van der Waals surface area contributed by atoms with Crippen LogP contribution in [0.15, 0.2) is 42.6 Å². The minimum absolute atomic E-state index is 0.259. The Kier molecular flexibility index (Phi) is 5.73. The first-order chi connectivity index (χ1) is 12.1. The number of amides is 2. The third-order valence-electron chi connectivity index (χ3n) is 4.19. The number of urea groups is 1. The van der Waals surface area contributed by atoms with Crippen LogP contribution in [0.3, 0.4) is 0 Å². The van der Waals surface area contributed by atoms with Crippen LogP contribution in [0.5, 0.6) is 0 Å². The Balaban J connectivity index is 1.48. The number of nitrogens with one attached hydrogen (secondary N) is 2. The zero-order valence-electron chi connectivity index (χ0n) is 14.2.